The van der Waals surface area contributed by atoms with E-state index in [9.17, 15) is 4.79 Å². The van der Waals surface area contributed by atoms with Crippen LogP contribution in [0.5, 0.6) is 0 Å². The number of benzene rings is 1. The topological polar surface area (TPSA) is 98.7 Å². The fraction of sp³-hybridized carbons (Fsp3) is 0.400. The lowest BCUT2D eigenvalue weighted by molar-refractivity contribution is -0.122. The van der Waals surface area contributed by atoms with Crippen molar-refractivity contribution < 1.29 is 14.7 Å². The van der Waals surface area contributed by atoms with Gasteiger partial charge in [0.25, 0.3) is 6.47 Å². The van der Waals surface area contributed by atoms with E-state index < -0.39 is 0 Å². The number of anilines is 1. The van der Waals surface area contributed by atoms with E-state index in [2.05, 4.69) is 58.3 Å². The number of hydrogen-bond acceptors (Lipinski definition) is 5. The highest BCUT2D eigenvalue weighted by Crippen LogP contribution is 2.16. The molecule has 0 aliphatic rings. The summed E-state index contributed by atoms with van der Waals surface area (Å²) in [6, 6.07) is 10.0. The first-order valence-corrected chi connectivity index (χ1v) is 9.10. The van der Waals surface area contributed by atoms with E-state index in [1.807, 2.05) is 13.0 Å². The number of nitrogens with zero attached hydrogens (tertiary/aromatic N) is 4. The van der Waals surface area contributed by atoms with Crippen molar-refractivity contribution >= 4 is 18.2 Å². The molecule has 2 rings (SSSR count). The molecule has 1 aromatic heterocycles. The van der Waals surface area contributed by atoms with Gasteiger partial charge in [0.1, 0.15) is 6.33 Å². The molecule has 0 saturated carbocycles. The minimum atomic E-state index is -0.250. The molecule has 8 nitrogen and oxygen atoms in total. The number of carboxylic acid groups (broad SMARTS) is 1. The normalized spacial score (nSPS) is 10.9. The van der Waals surface area contributed by atoms with Gasteiger partial charge in [-0.25, -0.2) is 14.8 Å². The van der Waals surface area contributed by atoms with Gasteiger partial charge in [0, 0.05) is 38.6 Å². The molecule has 0 aliphatic heterocycles. The molecule has 152 valence electrons. The molecule has 1 heterocycles. The van der Waals surface area contributed by atoms with Crippen molar-refractivity contribution in [3.63, 3.8) is 0 Å². The molecule has 2 N–H and O–H groups in total. The van der Waals surface area contributed by atoms with E-state index in [0.717, 1.165) is 18.8 Å². The highest BCUT2D eigenvalue weighted by molar-refractivity contribution is 5.74. The maximum atomic E-state index is 12.4. The Hall–Kier alpha value is -3.16. The summed E-state index contributed by atoms with van der Waals surface area (Å²) >= 11 is 0. The molecule has 0 aliphatic carbocycles. The monoisotopic (exact) mass is 387 g/mol. The standard InChI is InChI=1S/C19H27N5O.CH2O2/c1-5-24(17-8-6-7-15(2)13-17)12-11-21-19(25)23(4)16(3)18-9-10-20-14-22-18;2-1-3/h6-10,13-14,16H,5,11-12H2,1-4H3,(H,21,25);1H,(H,2,3). The summed E-state index contributed by atoms with van der Waals surface area (Å²) in [6.45, 7) is 8.15. The van der Waals surface area contributed by atoms with Crippen LogP contribution in [-0.4, -0.2) is 59.2 Å². The van der Waals surface area contributed by atoms with Gasteiger partial charge in [-0.15, -0.1) is 0 Å². The lowest BCUT2D eigenvalue weighted by Gasteiger charge is -2.27. The SMILES string of the molecule is CCN(CCNC(=O)N(C)C(C)c1ccncn1)c1cccc(C)c1.O=CO. The number of likely N-dealkylation sites (N-methyl/N-ethyl adjacent to an activating group) is 1. The van der Waals surface area contributed by atoms with Gasteiger partial charge in [-0.1, -0.05) is 12.1 Å². The van der Waals surface area contributed by atoms with Crippen LogP contribution in [0, 0.1) is 6.92 Å². The Morgan fingerprint density at radius 1 is 1.36 bits per heavy atom. The van der Waals surface area contributed by atoms with Crippen molar-refractivity contribution in [2.45, 2.75) is 26.8 Å². The Morgan fingerprint density at radius 2 is 2.07 bits per heavy atom. The Kier molecular flexibility index (Phi) is 10.0. The molecule has 0 fully saturated rings. The Morgan fingerprint density at radius 3 is 2.64 bits per heavy atom. The van der Waals surface area contributed by atoms with Crippen molar-refractivity contribution in [2.75, 3.05) is 31.6 Å². The van der Waals surface area contributed by atoms with E-state index in [1.54, 1.807) is 18.1 Å². The van der Waals surface area contributed by atoms with Crippen LogP contribution in [0.4, 0.5) is 10.5 Å². The zero-order valence-corrected chi connectivity index (χ0v) is 16.9. The van der Waals surface area contributed by atoms with Crippen LogP contribution in [0.25, 0.3) is 0 Å². The van der Waals surface area contributed by atoms with Crippen molar-refractivity contribution in [3.8, 4) is 0 Å². The predicted octanol–water partition coefficient (Wildman–Crippen LogP) is 2.71. The van der Waals surface area contributed by atoms with Crippen LogP contribution in [0.2, 0.25) is 0 Å². The molecule has 1 atom stereocenters. The molecule has 8 heteroatoms. The average Bonchev–Trinajstić information content (AvgIpc) is 2.71. The molecule has 1 aromatic carbocycles. The largest absolute Gasteiger partial charge is 0.483 e. The van der Waals surface area contributed by atoms with Crippen LogP contribution in [-0.2, 0) is 4.79 Å². The molecule has 0 saturated heterocycles. The zero-order chi connectivity index (χ0) is 20.9. The lowest BCUT2D eigenvalue weighted by Crippen LogP contribution is -2.42. The molecule has 0 bridgehead atoms. The average molecular weight is 387 g/mol. The first-order valence-electron chi connectivity index (χ1n) is 9.10. The van der Waals surface area contributed by atoms with Gasteiger partial charge in [-0.3, -0.25) is 4.79 Å². The number of aromatic nitrogens is 2. The Labute approximate surface area is 166 Å². The van der Waals surface area contributed by atoms with Crippen LogP contribution in [0.15, 0.2) is 42.9 Å². The molecule has 28 heavy (non-hydrogen) atoms. The first kappa shape index (κ1) is 22.9. The molecule has 1 unspecified atom stereocenters. The maximum absolute atomic E-state index is 12.4. The Balaban J connectivity index is 0.00000122. The fourth-order valence-corrected chi connectivity index (χ4v) is 2.64. The van der Waals surface area contributed by atoms with Gasteiger partial charge >= 0.3 is 6.03 Å². The summed E-state index contributed by atoms with van der Waals surface area (Å²) in [6.07, 6.45) is 3.18. The number of carbonyl (C=O) groups excluding carboxylic acids is 1. The molecule has 2 amide bonds. The zero-order valence-electron chi connectivity index (χ0n) is 16.9. The summed E-state index contributed by atoms with van der Waals surface area (Å²) in [5, 5.41) is 9.87. The number of amides is 2. The summed E-state index contributed by atoms with van der Waals surface area (Å²) in [5.41, 5.74) is 3.24. The number of rotatable bonds is 7. The van der Waals surface area contributed by atoms with E-state index in [-0.39, 0.29) is 18.5 Å². The minimum absolute atomic E-state index is 0.105. The van der Waals surface area contributed by atoms with Crippen molar-refractivity contribution in [3.05, 3.63) is 54.1 Å². The molecule has 0 radical (unpaired) electrons. The molecule has 0 spiro atoms. The van der Waals surface area contributed by atoms with Gasteiger partial charge in [-0.05, 0) is 44.5 Å². The molecular formula is C20H29N5O3. The minimum Gasteiger partial charge on any atom is -0.483 e. The smallest absolute Gasteiger partial charge is 0.317 e. The number of hydrogen-bond donors (Lipinski definition) is 2. The highest BCUT2D eigenvalue weighted by Gasteiger charge is 2.18. The summed E-state index contributed by atoms with van der Waals surface area (Å²) in [5.74, 6) is 0. The van der Waals surface area contributed by atoms with Gasteiger partial charge < -0.3 is 20.2 Å². The summed E-state index contributed by atoms with van der Waals surface area (Å²) in [4.78, 5) is 32.8. The second kappa shape index (κ2) is 12.3. The predicted molar refractivity (Wildman–Crippen MR) is 109 cm³/mol. The van der Waals surface area contributed by atoms with Crippen LogP contribution in [0.1, 0.15) is 31.1 Å². The molecule has 2 aromatic rings. The third kappa shape index (κ3) is 7.22. The van der Waals surface area contributed by atoms with Gasteiger partial charge in [0.05, 0.1) is 11.7 Å². The maximum Gasteiger partial charge on any atom is 0.317 e. The van der Waals surface area contributed by atoms with E-state index in [4.69, 9.17) is 9.90 Å². The van der Waals surface area contributed by atoms with Crippen molar-refractivity contribution in [1.82, 2.24) is 20.2 Å². The first-order chi connectivity index (χ1) is 13.4. The van der Waals surface area contributed by atoms with Crippen molar-refractivity contribution in [2.24, 2.45) is 0 Å². The fourth-order valence-electron chi connectivity index (χ4n) is 2.64. The van der Waals surface area contributed by atoms with E-state index >= 15 is 0 Å². The van der Waals surface area contributed by atoms with Gasteiger partial charge in [-0.2, -0.15) is 0 Å². The third-order valence-corrected chi connectivity index (χ3v) is 4.34. The Bertz CT molecular complexity index is 727. The quantitative estimate of drug-likeness (QED) is 0.709. The van der Waals surface area contributed by atoms with Gasteiger partial charge in [0.15, 0.2) is 0 Å². The van der Waals surface area contributed by atoms with Crippen LogP contribution in [0.3, 0.4) is 0 Å². The van der Waals surface area contributed by atoms with E-state index in [0.29, 0.717) is 6.54 Å². The number of carbonyl (C=O) groups is 2. The second-order valence-corrected chi connectivity index (χ2v) is 6.18. The number of urea groups is 1. The van der Waals surface area contributed by atoms with Gasteiger partial charge in [0.2, 0.25) is 0 Å². The number of aryl methyl sites for hydroxylation is 1. The van der Waals surface area contributed by atoms with Crippen molar-refractivity contribution in [1.29, 1.82) is 0 Å². The molecular weight excluding hydrogens is 358 g/mol. The third-order valence-electron chi connectivity index (χ3n) is 4.34. The summed E-state index contributed by atoms with van der Waals surface area (Å²) < 4.78 is 0. The number of nitrogens with one attached hydrogen (secondary N) is 1. The summed E-state index contributed by atoms with van der Waals surface area (Å²) in [7, 11) is 1.78. The van der Waals surface area contributed by atoms with Crippen LogP contribution < -0.4 is 10.2 Å². The highest BCUT2D eigenvalue weighted by atomic mass is 16.3. The lowest BCUT2D eigenvalue weighted by atomic mass is 10.2. The second-order valence-electron chi connectivity index (χ2n) is 6.18. The van der Waals surface area contributed by atoms with E-state index in [1.165, 1.54) is 17.6 Å². The van der Waals surface area contributed by atoms with Crippen LogP contribution >= 0.6 is 0 Å².